The number of aliphatic hydroxyl groups is 1. The number of hydrogen-bond acceptors (Lipinski definition) is 5. The van der Waals surface area contributed by atoms with E-state index < -0.39 is 29.6 Å². The Hall–Kier alpha value is -1.88. The molecule has 22 heavy (non-hydrogen) atoms. The molecule has 0 saturated carbocycles. The van der Waals surface area contributed by atoms with E-state index in [2.05, 4.69) is 0 Å². The third-order valence-corrected chi connectivity index (χ3v) is 3.55. The second-order valence-corrected chi connectivity index (χ2v) is 6.37. The third kappa shape index (κ3) is 5.15. The predicted octanol–water partition coefficient (Wildman–Crippen LogP) is 2.80. The molecule has 0 saturated heterocycles. The summed E-state index contributed by atoms with van der Waals surface area (Å²) in [6.45, 7) is 8.32. The molecule has 1 aromatic rings. The van der Waals surface area contributed by atoms with Crippen LogP contribution in [0.15, 0.2) is 24.3 Å². The van der Waals surface area contributed by atoms with Crippen molar-refractivity contribution in [3.05, 3.63) is 29.8 Å². The number of carbonyl (C=O) groups excluding carboxylic acids is 2. The lowest BCUT2D eigenvalue weighted by atomic mass is 9.91. The monoisotopic (exact) mass is 308 g/mol. The summed E-state index contributed by atoms with van der Waals surface area (Å²) in [5.41, 5.74) is -0.859. The van der Waals surface area contributed by atoms with Gasteiger partial charge in [-0.3, -0.25) is 4.79 Å². The molecule has 1 aromatic carbocycles. The maximum Gasteiger partial charge on any atom is 0.349 e. The normalized spacial score (nSPS) is 11.9. The molecule has 0 bridgehead atoms. The molecule has 0 aliphatic heterocycles. The van der Waals surface area contributed by atoms with Crippen LogP contribution in [0.5, 0.6) is 5.75 Å². The van der Waals surface area contributed by atoms with Crippen LogP contribution in [0.1, 0.15) is 46.6 Å². The Balaban J connectivity index is 2.54. The van der Waals surface area contributed by atoms with Gasteiger partial charge >= 0.3 is 11.9 Å². The van der Waals surface area contributed by atoms with Crippen molar-refractivity contribution in [1.82, 2.24) is 0 Å². The predicted molar refractivity (Wildman–Crippen MR) is 82.4 cm³/mol. The first-order chi connectivity index (χ1) is 10.1. The van der Waals surface area contributed by atoms with Crippen LogP contribution in [-0.4, -0.2) is 23.7 Å². The molecule has 5 heteroatoms. The van der Waals surface area contributed by atoms with Crippen molar-refractivity contribution >= 4 is 11.9 Å². The van der Waals surface area contributed by atoms with Gasteiger partial charge in [-0.1, -0.05) is 19.1 Å². The van der Waals surface area contributed by atoms with E-state index in [1.54, 1.807) is 52.0 Å². The molecule has 0 atom stereocenters. The lowest BCUT2D eigenvalue weighted by Crippen LogP contribution is -2.29. The standard InChI is InChI=1S/C17H24O5/c1-6-16(2,3)15(19)21-11-14(18)22-13-9-7-12(8-10-13)17(4,5)20/h7-10,20H,6,11H2,1-5H3. The first-order valence-electron chi connectivity index (χ1n) is 7.27. The lowest BCUT2D eigenvalue weighted by molar-refractivity contribution is -0.161. The van der Waals surface area contributed by atoms with Crippen LogP contribution in [0.4, 0.5) is 0 Å². The van der Waals surface area contributed by atoms with Gasteiger partial charge in [0.1, 0.15) is 5.75 Å². The number of benzene rings is 1. The minimum Gasteiger partial charge on any atom is -0.453 e. The summed E-state index contributed by atoms with van der Waals surface area (Å²) in [7, 11) is 0. The highest BCUT2D eigenvalue weighted by molar-refractivity contribution is 5.80. The molecule has 1 N–H and O–H groups in total. The molecule has 5 nitrogen and oxygen atoms in total. The quantitative estimate of drug-likeness (QED) is 0.646. The van der Waals surface area contributed by atoms with Crippen molar-refractivity contribution in [2.75, 3.05) is 6.61 Å². The van der Waals surface area contributed by atoms with E-state index in [0.29, 0.717) is 17.7 Å². The molecule has 0 aromatic heterocycles. The molecule has 0 radical (unpaired) electrons. The average Bonchev–Trinajstić information content (AvgIpc) is 2.44. The van der Waals surface area contributed by atoms with Gasteiger partial charge in [-0.05, 0) is 51.8 Å². The molecule has 122 valence electrons. The van der Waals surface area contributed by atoms with Crippen molar-refractivity contribution in [3.8, 4) is 5.75 Å². The van der Waals surface area contributed by atoms with Gasteiger partial charge in [0.2, 0.25) is 0 Å². The second kappa shape index (κ2) is 6.92. The number of esters is 2. The van der Waals surface area contributed by atoms with Crippen LogP contribution in [-0.2, 0) is 19.9 Å². The topological polar surface area (TPSA) is 72.8 Å². The van der Waals surface area contributed by atoms with Gasteiger partial charge in [0, 0.05) is 0 Å². The molecule has 1 rings (SSSR count). The van der Waals surface area contributed by atoms with Gasteiger partial charge in [0.15, 0.2) is 6.61 Å². The summed E-state index contributed by atoms with van der Waals surface area (Å²) in [5.74, 6) is -0.732. The Bertz CT molecular complexity index is 523. The summed E-state index contributed by atoms with van der Waals surface area (Å²) < 4.78 is 10.0. The fourth-order valence-electron chi connectivity index (χ4n) is 1.56. The zero-order valence-electron chi connectivity index (χ0n) is 13.8. The van der Waals surface area contributed by atoms with Gasteiger partial charge in [-0.25, -0.2) is 4.79 Å². The Morgan fingerprint density at radius 3 is 2.09 bits per heavy atom. The maximum atomic E-state index is 11.7. The van der Waals surface area contributed by atoms with E-state index in [1.807, 2.05) is 6.92 Å². The van der Waals surface area contributed by atoms with E-state index in [9.17, 15) is 14.7 Å². The first kappa shape index (κ1) is 18.2. The Morgan fingerprint density at radius 2 is 1.64 bits per heavy atom. The molecule has 0 aliphatic rings. The van der Waals surface area contributed by atoms with Gasteiger partial charge in [0.25, 0.3) is 0 Å². The van der Waals surface area contributed by atoms with Gasteiger partial charge < -0.3 is 14.6 Å². The van der Waals surface area contributed by atoms with Gasteiger partial charge in [0.05, 0.1) is 11.0 Å². The lowest BCUT2D eigenvalue weighted by Gasteiger charge is -2.20. The van der Waals surface area contributed by atoms with Crippen molar-refractivity contribution in [2.24, 2.45) is 5.41 Å². The Labute approximate surface area is 131 Å². The van der Waals surface area contributed by atoms with Gasteiger partial charge in [-0.15, -0.1) is 0 Å². The molecule has 0 fully saturated rings. The zero-order chi connectivity index (χ0) is 17.0. The third-order valence-electron chi connectivity index (χ3n) is 3.55. The molecule has 0 heterocycles. The summed E-state index contributed by atoms with van der Waals surface area (Å²) in [6, 6.07) is 6.52. The summed E-state index contributed by atoms with van der Waals surface area (Å²) in [5, 5.41) is 9.84. The van der Waals surface area contributed by atoms with Crippen molar-refractivity contribution in [1.29, 1.82) is 0 Å². The van der Waals surface area contributed by atoms with E-state index in [0.717, 1.165) is 0 Å². The smallest absolute Gasteiger partial charge is 0.349 e. The Kier molecular flexibility index (Phi) is 5.72. The van der Waals surface area contributed by atoms with Crippen molar-refractivity contribution in [2.45, 2.75) is 46.6 Å². The fourth-order valence-corrected chi connectivity index (χ4v) is 1.56. The average molecular weight is 308 g/mol. The minimum atomic E-state index is -0.955. The number of hydrogen-bond donors (Lipinski definition) is 1. The number of ether oxygens (including phenoxy) is 2. The van der Waals surface area contributed by atoms with E-state index in [4.69, 9.17) is 9.47 Å². The minimum absolute atomic E-state index is 0.337. The highest BCUT2D eigenvalue weighted by Gasteiger charge is 2.27. The summed E-state index contributed by atoms with van der Waals surface area (Å²) in [4.78, 5) is 23.4. The Morgan fingerprint density at radius 1 is 1.09 bits per heavy atom. The first-order valence-corrected chi connectivity index (χ1v) is 7.27. The van der Waals surface area contributed by atoms with Crippen molar-refractivity contribution in [3.63, 3.8) is 0 Å². The SMILES string of the molecule is CCC(C)(C)C(=O)OCC(=O)Oc1ccc(C(C)(C)O)cc1. The summed E-state index contributed by atoms with van der Waals surface area (Å²) in [6.07, 6.45) is 0.624. The van der Waals surface area contributed by atoms with Crippen LogP contribution in [0.25, 0.3) is 0 Å². The highest BCUT2D eigenvalue weighted by atomic mass is 16.6. The molecule has 0 unspecified atom stereocenters. The van der Waals surface area contributed by atoms with Crippen LogP contribution < -0.4 is 4.74 Å². The summed E-state index contributed by atoms with van der Waals surface area (Å²) >= 11 is 0. The van der Waals surface area contributed by atoms with Crippen molar-refractivity contribution < 1.29 is 24.2 Å². The van der Waals surface area contributed by atoms with E-state index >= 15 is 0 Å². The molecular weight excluding hydrogens is 284 g/mol. The highest BCUT2D eigenvalue weighted by Crippen LogP contribution is 2.23. The second-order valence-electron chi connectivity index (χ2n) is 6.37. The van der Waals surface area contributed by atoms with Crippen LogP contribution in [0.2, 0.25) is 0 Å². The van der Waals surface area contributed by atoms with E-state index in [1.165, 1.54) is 0 Å². The number of rotatable bonds is 6. The van der Waals surface area contributed by atoms with Crippen LogP contribution >= 0.6 is 0 Å². The largest absolute Gasteiger partial charge is 0.453 e. The maximum absolute atomic E-state index is 11.7. The number of carbonyl (C=O) groups is 2. The van der Waals surface area contributed by atoms with E-state index in [-0.39, 0.29) is 0 Å². The molecule has 0 amide bonds. The fraction of sp³-hybridized carbons (Fsp3) is 0.529. The zero-order valence-corrected chi connectivity index (χ0v) is 13.8. The molecule has 0 spiro atoms. The van der Waals surface area contributed by atoms with Gasteiger partial charge in [-0.2, -0.15) is 0 Å². The van der Waals surface area contributed by atoms with Crippen LogP contribution in [0, 0.1) is 5.41 Å². The molecular formula is C17H24O5. The van der Waals surface area contributed by atoms with Crippen LogP contribution in [0.3, 0.4) is 0 Å². The molecule has 0 aliphatic carbocycles.